The van der Waals surface area contributed by atoms with Crippen LogP contribution in [0, 0.1) is 17.0 Å². The lowest BCUT2D eigenvalue weighted by Crippen LogP contribution is -2.30. The number of methoxy groups -OCH3 is 1. The number of rotatable bonds is 9. The molecule has 0 fully saturated rings. The Morgan fingerprint density at radius 1 is 1.38 bits per heavy atom. The zero-order valence-corrected chi connectivity index (χ0v) is 12.3. The molecule has 1 aromatic rings. The summed E-state index contributed by atoms with van der Waals surface area (Å²) in [6, 6.07) is 5.00. The Hall–Kier alpha value is -1.99. The van der Waals surface area contributed by atoms with Crippen LogP contribution >= 0.6 is 0 Å². The standard InChI is InChI=1S/C14H21N3O4/c1-11-12(4-3-5-13(11)17(19)20)10-15-7-6-14(18)16-8-9-21-2/h3-5,15H,6-10H2,1-2H3,(H,16,18). The third kappa shape index (κ3) is 5.88. The van der Waals surface area contributed by atoms with Crippen LogP contribution in [-0.4, -0.2) is 37.6 Å². The predicted octanol–water partition coefficient (Wildman–Crippen LogP) is 1.15. The fourth-order valence-corrected chi connectivity index (χ4v) is 1.87. The number of benzene rings is 1. The average molecular weight is 295 g/mol. The van der Waals surface area contributed by atoms with Gasteiger partial charge in [-0.25, -0.2) is 0 Å². The first-order valence-corrected chi connectivity index (χ1v) is 6.75. The molecule has 0 atom stereocenters. The lowest BCUT2D eigenvalue weighted by atomic mass is 10.1. The lowest BCUT2D eigenvalue weighted by molar-refractivity contribution is -0.385. The van der Waals surface area contributed by atoms with E-state index in [1.165, 1.54) is 6.07 Å². The average Bonchev–Trinajstić information content (AvgIpc) is 2.45. The summed E-state index contributed by atoms with van der Waals surface area (Å²) in [5, 5.41) is 16.7. The van der Waals surface area contributed by atoms with E-state index < -0.39 is 0 Å². The molecule has 0 aromatic heterocycles. The Kier molecular flexibility index (Phi) is 7.34. The summed E-state index contributed by atoms with van der Waals surface area (Å²) < 4.78 is 4.83. The van der Waals surface area contributed by atoms with Crippen molar-refractivity contribution in [2.75, 3.05) is 26.8 Å². The molecule has 2 N–H and O–H groups in total. The van der Waals surface area contributed by atoms with E-state index in [0.29, 0.717) is 38.2 Å². The molecule has 116 valence electrons. The van der Waals surface area contributed by atoms with E-state index in [1.807, 2.05) is 6.07 Å². The number of carbonyl (C=O) groups excluding carboxylic acids is 1. The van der Waals surface area contributed by atoms with Gasteiger partial charge in [0.15, 0.2) is 0 Å². The number of carbonyl (C=O) groups is 1. The maximum Gasteiger partial charge on any atom is 0.272 e. The fraction of sp³-hybridized carbons (Fsp3) is 0.500. The van der Waals surface area contributed by atoms with Gasteiger partial charge >= 0.3 is 0 Å². The van der Waals surface area contributed by atoms with E-state index in [2.05, 4.69) is 10.6 Å². The van der Waals surface area contributed by atoms with Crippen molar-refractivity contribution in [2.24, 2.45) is 0 Å². The molecule has 0 saturated heterocycles. The molecule has 0 aliphatic rings. The minimum absolute atomic E-state index is 0.0460. The van der Waals surface area contributed by atoms with Gasteiger partial charge in [0.25, 0.3) is 5.69 Å². The van der Waals surface area contributed by atoms with Crippen LogP contribution in [-0.2, 0) is 16.1 Å². The number of ether oxygens (including phenoxy) is 1. The fourth-order valence-electron chi connectivity index (χ4n) is 1.87. The van der Waals surface area contributed by atoms with Gasteiger partial charge in [0.1, 0.15) is 0 Å². The third-order valence-electron chi connectivity index (χ3n) is 3.09. The molecule has 7 nitrogen and oxygen atoms in total. The Balaban J connectivity index is 2.35. The van der Waals surface area contributed by atoms with Gasteiger partial charge < -0.3 is 15.4 Å². The van der Waals surface area contributed by atoms with Crippen LogP contribution in [0.25, 0.3) is 0 Å². The summed E-state index contributed by atoms with van der Waals surface area (Å²) in [5.41, 5.74) is 1.63. The van der Waals surface area contributed by atoms with Crippen LogP contribution in [0.2, 0.25) is 0 Å². The second-order valence-electron chi connectivity index (χ2n) is 4.59. The first-order chi connectivity index (χ1) is 10.1. The quantitative estimate of drug-likeness (QED) is 0.405. The largest absolute Gasteiger partial charge is 0.383 e. The van der Waals surface area contributed by atoms with Gasteiger partial charge in [-0.05, 0) is 12.5 Å². The zero-order chi connectivity index (χ0) is 15.7. The molecule has 0 aliphatic heterocycles. The summed E-state index contributed by atoms with van der Waals surface area (Å²) in [6.45, 7) is 3.73. The van der Waals surface area contributed by atoms with E-state index >= 15 is 0 Å². The molecule has 0 saturated carbocycles. The minimum Gasteiger partial charge on any atom is -0.383 e. The molecule has 0 heterocycles. The third-order valence-corrected chi connectivity index (χ3v) is 3.09. The number of nitro benzene ring substituents is 1. The van der Waals surface area contributed by atoms with Crippen LogP contribution in [0.5, 0.6) is 0 Å². The minimum atomic E-state index is -0.387. The van der Waals surface area contributed by atoms with E-state index in [9.17, 15) is 14.9 Å². The Morgan fingerprint density at radius 3 is 2.81 bits per heavy atom. The smallest absolute Gasteiger partial charge is 0.272 e. The molecule has 0 aliphatic carbocycles. The van der Waals surface area contributed by atoms with Crippen LogP contribution < -0.4 is 10.6 Å². The number of amides is 1. The summed E-state index contributed by atoms with van der Waals surface area (Å²) >= 11 is 0. The van der Waals surface area contributed by atoms with Gasteiger partial charge in [-0.15, -0.1) is 0 Å². The van der Waals surface area contributed by atoms with E-state index in [4.69, 9.17) is 4.74 Å². The second kappa shape index (κ2) is 9.04. The van der Waals surface area contributed by atoms with Crippen molar-refractivity contribution in [3.8, 4) is 0 Å². The van der Waals surface area contributed by atoms with Gasteiger partial charge in [0.2, 0.25) is 5.91 Å². The Labute approximate surface area is 123 Å². The van der Waals surface area contributed by atoms with Crippen LogP contribution in [0.15, 0.2) is 18.2 Å². The highest BCUT2D eigenvalue weighted by Crippen LogP contribution is 2.20. The normalized spacial score (nSPS) is 10.4. The number of nitrogens with zero attached hydrogens (tertiary/aromatic N) is 1. The maximum atomic E-state index is 11.4. The molecular weight excluding hydrogens is 274 g/mol. The van der Waals surface area contributed by atoms with Gasteiger partial charge in [-0.3, -0.25) is 14.9 Å². The number of hydrogen-bond donors (Lipinski definition) is 2. The molecular formula is C14H21N3O4. The highest BCUT2D eigenvalue weighted by Gasteiger charge is 2.12. The first-order valence-electron chi connectivity index (χ1n) is 6.75. The summed E-state index contributed by atoms with van der Waals surface area (Å²) in [5.74, 6) is -0.0460. The molecule has 7 heteroatoms. The Morgan fingerprint density at radius 2 is 2.14 bits per heavy atom. The molecule has 1 amide bonds. The van der Waals surface area contributed by atoms with Crippen molar-refractivity contribution in [3.63, 3.8) is 0 Å². The van der Waals surface area contributed by atoms with Crippen molar-refractivity contribution in [2.45, 2.75) is 19.9 Å². The molecule has 0 spiro atoms. The van der Waals surface area contributed by atoms with E-state index in [0.717, 1.165) is 5.56 Å². The summed E-state index contributed by atoms with van der Waals surface area (Å²) in [6.07, 6.45) is 0.359. The van der Waals surface area contributed by atoms with Crippen molar-refractivity contribution >= 4 is 11.6 Å². The van der Waals surface area contributed by atoms with Gasteiger partial charge in [-0.2, -0.15) is 0 Å². The highest BCUT2D eigenvalue weighted by molar-refractivity contribution is 5.76. The van der Waals surface area contributed by atoms with Crippen LogP contribution in [0.1, 0.15) is 17.5 Å². The predicted molar refractivity (Wildman–Crippen MR) is 79.0 cm³/mol. The van der Waals surface area contributed by atoms with Crippen molar-refractivity contribution in [1.82, 2.24) is 10.6 Å². The SMILES string of the molecule is COCCNC(=O)CCNCc1cccc([N+](=O)[O-])c1C. The molecule has 0 unspecified atom stereocenters. The van der Waals surface area contributed by atoms with Gasteiger partial charge in [0.05, 0.1) is 11.5 Å². The van der Waals surface area contributed by atoms with Crippen LogP contribution in [0.3, 0.4) is 0 Å². The monoisotopic (exact) mass is 295 g/mol. The van der Waals surface area contributed by atoms with Gasteiger partial charge in [-0.1, -0.05) is 12.1 Å². The number of nitro groups is 1. The molecule has 21 heavy (non-hydrogen) atoms. The van der Waals surface area contributed by atoms with E-state index in [1.54, 1.807) is 20.1 Å². The van der Waals surface area contributed by atoms with Gasteiger partial charge in [0, 0.05) is 44.8 Å². The molecule has 0 bridgehead atoms. The second-order valence-corrected chi connectivity index (χ2v) is 4.59. The molecule has 0 radical (unpaired) electrons. The van der Waals surface area contributed by atoms with Crippen molar-refractivity contribution in [1.29, 1.82) is 0 Å². The Bertz CT molecular complexity index is 491. The molecule has 1 rings (SSSR count). The zero-order valence-electron chi connectivity index (χ0n) is 12.3. The number of nitrogens with one attached hydrogen (secondary N) is 2. The molecule has 1 aromatic carbocycles. The van der Waals surface area contributed by atoms with Crippen LogP contribution in [0.4, 0.5) is 5.69 Å². The maximum absolute atomic E-state index is 11.4. The first kappa shape index (κ1) is 17.1. The topological polar surface area (TPSA) is 93.5 Å². The van der Waals surface area contributed by atoms with Crippen molar-refractivity contribution < 1.29 is 14.5 Å². The van der Waals surface area contributed by atoms with E-state index in [-0.39, 0.29) is 16.5 Å². The van der Waals surface area contributed by atoms with Crippen molar-refractivity contribution in [3.05, 3.63) is 39.4 Å². The summed E-state index contributed by atoms with van der Waals surface area (Å²) in [7, 11) is 1.58. The number of hydrogen-bond acceptors (Lipinski definition) is 5. The highest BCUT2D eigenvalue weighted by atomic mass is 16.6. The summed E-state index contributed by atoms with van der Waals surface area (Å²) in [4.78, 5) is 21.9. The lowest BCUT2D eigenvalue weighted by Gasteiger charge is -2.08.